The summed E-state index contributed by atoms with van der Waals surface area (Å²) in [5.41, 5.74) is 5.81. The van der Waals surface area contributed by atoms with Gasteiger partial charge >= 0.3 is 6.18 Å². The molecule has 1 atom stereocenters. The summed E-state index contributed by atoms with van der Waals surface area (Å²) in [6.45, 7) is -0.0498. The van der Waals surface area contributed by atoms with Crippen LogP contribution in [0.2, 0.25) is 5.02 Å². The molecule has 3 nitrogen and oxygen atoms in total. The number of nitrogens with one attached hydrogen (secondary N) is 1. The largest absolute Gasteiger partial charge is 0.399 e. The Bertz CT molecular complexity index is 448. The second-order valence-electron chi connectivity index (χ2n) is 4.38. The Balaban J connectivity index is 2.68. The molecule has 1 aromatic rings. The van der Waals surface area contributed by atoms with Crippen molar-refractivity contribution < 1.29 is 13.2 Å². The van der Waals surface area contributed by atoms with Gasteiger partial charge in [0.15, 0.2) is 0 Å². The molecule has 0 fully saturated rings. The maximum atomic E-state index is 12.7. The van der Waals surface area contributed by atoms with Crippen molar-refractivity contribution in [1.82, 2.24) is 4.90 Å². The average molecular weight is 294 g/mol. The fourth-order valence-electron chi connectivity index (χ4n) is 1.70. The van der Waals surface area contributed by atoms with Crippen LogP contribution in [0.1, 0.15) is 5.56 Å². The topological polar surface area (TPSA) is 53.1 Å². The van der Waals surface area contributed by atoms with Crippen LogP contribution >= 0.6 is 11.6 Å². The van der Waals surface area contributed by atoms with Crippen LogP contribution < -0.4 is 5.73 Å². The van der Waals surface area contributed by atoms with Crippen LogP contribution in [0.3, 0.4) is 0 Å². The van der Waals surface area contributed by atoms with Crippen molar-refractivity contribution in [2.45, 2.75) is 12.7 Å². The third-order valence-electron chi connectivity index (χ3n) is 2.61. The summed E-state index contributed by atoms with van der Waals surface area (Å²) in [7, 11) is 1.54. The number of halogens is 4. The number of nitrogens with two attached hydrogens (primary N) is 1. The molecule has 0 aliphatic rings. The lowest BCUT2D eigenvalue weighted by Crippen LogP contribution is -2.42. The second-order valence-corrected chi connectivity index (χ2v) is 4.81. The van der Waals surface area contributed by atoms with Gasteiger partial charge < -0.3 is 10.6 Å². The van der Waals surface area contributed by atoms with E-state index in [9.17, 15) is 13.2 Å². The van der Waals surface area contributed by atoms with Crippen molar-refractivity contribution in [2.75, 3.05) is 13.6 Å². The summed E-state index contributed by atoms with van der Waals surface area (Å²) in [5.74, 6) is -2.82. The van der Waals surface area contributed by atoms with Crippen molar-refractivity contribution >= 4 is 17.4 Å². The van der Waals surface area contributed by atoms with E-state index >= 15 is 0 Å². The van der Waals surface area contributed by atoms with Crippen molar-refractivity contribution in [2.24, 2.45) is 11.7 Å². The first-order valence-corrected chi connectivity index (χ1v) is 5.91. The normalized spacial score (nSPS) is 13.6. The predicted octanol–water partition coefficient (Wildman–Crippen LogP) is 2.89. The van der Waals surface area contributed by atoms with E-state index in [1.807, 2.05) is 0 Å². The summed E-state index contributed by atoms with van der Waals surface area (Å²) >= 11 is 5.80. The van der Waals surface area contributed by atoms with Gasteiger partial charge in [0.2, 0.25) is 0 Å². The molecule has 0 spiro atoms. The molecule has 3 N–H and O–H groups in total. The fraction of sp³-hybridized carbons (Fsp3) is 0.417. The van der Waals surface area contributed by atoms with Gasteiger partial charge in [0.25, 0.3) is 0 Å². The van der Waals surface area contributed by atoms with Crippen LogP contribution in [0.5, 0.6) is 0 Å². The highest BCUT2D eigenvalue weighted by atomic mass is 35.5. The molecule has 1 aromatic carbocycles. The van der Waals surface area contributed by atoms with Crippen LogP contribution in [0, 0.1) is 11.3 Å². The van der Waals surface area contributed by atoms with Gasteiger partial charge in [-0.15, -0.1) is 0 Å². The molecular formula is C12H15ClF3N3. The molecule has 1 unspecified atom stereocenters. The minimum Gasteiger partial charge on any atom is -0.387 e. The molecule has 0 aromatic heterocycles. The van der Waals surface area contributed by atoms with E-state index in [2.05, 4.69) is 0 Å². The van der Waals surface area contributed by atoms with Gasteiger partial charge in [-0.1, -0.05) is 23.7 Å². The van der Waals surface area contributed by atoms with Crippen molar-refractivity contribution in [3.05, 3.63) is 34.9 Å². The average Bonchev–Trinajstić information content (AvgIpc) is 2.24. The number of benzene rings is 1. The smallest absolute Gasteiger partial charge is 0.387 e. The minimum absolute atomic E-state index is 0.306. The SMILES string of the molecule is CN(Cc1cccc(Cl)c1)CC(C(=N)N)C(F)(F)F. The first-order chi connectivity index (χ1) is 8.70. The van der Waals surface area contributed by atoms with Gasteiger partial charge in [-0.05, 0) is 24.7 Å². The highest BCUT2D eigenvalue weighted by Crippen LogP contribution is 2.27. The van der Waals surface area contributed by atoms with Gasteiger partial charge in [-0.3, -0.25) is 5.41 Å². The first kappa shape index (κ1) is 15.8. The summed E-state index contributed by atoms with van der Waals surface area (Å²) in [6, 6.07) is 6.89. The zero-order valence-electron chi connectivity index (χ0n) is 10.3. The zero-order valence-corrected chi connectivity index (χ0v) is 11.1. The molecular weight excluding hydrogens is 279 g/mol. The second kappa shape index (κ2) is 6.25. The van der Waals surface area contributed by atoms with Crippen LogP contribution in [0.25, 0.3) is 0 Å². The Morgan fingerprint density at radius 2 is 2.11 bits per heavy atom. The van der Waals surface area contributed by atoms with Gasteiger partial charge in [0.1, 0.15) is 11.8 Å². The molecule has 0 bridgehead atoms. The van der Waals surface area contributed by atoms with Crippen molar-refractivity contribution in [3.63, 3.8) is 0 Å². The van der Waals surface area contributed by atoms with Gasteiger partial charge in [-0.2, -0.15) is 13.2 Å². The number of nitrogens with zero attached hydrogens (tertiary/aromatic N) is 1. The molecule has 0 amide bonds. The Morgan fingerprint density at radius 3 is 2.58 bits per heavy atom. The van der Waals surface area contributed by atoms with Gasteiger partial charge in [-0.25, -0.2) is 0 Å². The number of alkyl halides is 3. The summed E-state index contributed by atoms with van der Waals surface area (Å²) in [4.78, 5) is 1.46. The predicted molar refractivity (Wildman–Crippen MR) is 69.2 cm³/mol. The number of amidine groups is 1. The standard InChI is InChI=1S/C12H15ClF3N3/c1-19(6-8-3-2-4-9(13)5-8)7-10(11(17)18)12(14,15)16/h2-5,10H,6-7H2,1H3,(H3,17,18). The van der Waals surface area contributed by atoms with E-state index in [1.54, 1.807) is 31.3 Å². The summed E-state index contributed by atoms with van der Waals surface area (Å²) in [5, 5.41) is 7.56. The van der Waals surface area contributed by atoms with Crippen LogP contribution in [0.15, 0.2) is 24.3 Å². The van der Waals surface area contributed by atoms with E-state index in [1.165, 1.54) is 4.90 Å². The highest BCUT2D eigenvalue weighted by Gasteiger charge is 2.42. The molecule has 0 saturated carbocycles. The fourth-order valence-corrected chi connectivity index (χ4v) is 1.91. The van der Waals surface area contributed by atoms with E-state index < -0.39 is 17.9 Å². The third kappa shape index (κ3) is 5.08. The Morgan fingerprint density at radius 1 is 1.47 bits per heavy atom. The molecule has 0 aliphatic carbocycles. The molecule has 0 aliphatic heterocycles. The van der Waals surface area contributed by atoms with E-state index in [-0.39, 0.29) is 6.54 Å². The van der Waals surface area contributed by atoms with Crippen LogP contribution in [-0.2, 0) is 6.54 Å². The number of hydrogen-bond donors (Lipinski definition) is 2. The Labute approximate surface area is 114 Å². The molecule has 1 rings (SSSR count). The molecule has 7 heteroatoms. The molecule has 0 radical (unpaired) electrons. The van der Waals surface area contributed by atoms with Gasteiger partial charge in [0, 0.05) is 18.1 Å². The van der Waals surface area contributed by atoms with Crippen molar-refractivity contribution in [3.8, 4) is 0 Å². The first-order valence-electron chi connectivity index (χ1n) is 5.53. The lowest BCUT2D eigenvalue weighted by Gasteiger charge is -2.25. The van der Waals surface area contributed by atoms with E-state index in [0.717, 1.165) is 5.56 Å². The van der Waals surface area contributed by atoms with Crippen LogP contribution in [-0.4, -0.2) is 30.5 Å². The molecule has 0 heterocycles. The monoisotopic (exact) mass is 293 g/mol. The van der Waals surface area contributed by atoms with Gasteiger partial charge in [0.05, 0.1) is 0 Å². The highest BCUT2D eigenvalue weighted by molar-refractivity contribution is 6.30. The number of hydrogen-bond acceptors (Lipinski definition) is 2. The lowest BCUT2D eigenvalue weighted by atomic mass is 10.1. The van der Waals surface area contributed by atoms with Crippen molar-refractivity contribution in [1.29, 1.82) is 5.41 Å². The maximum Gasteiger partial charge on any atom is 0.399 e. The lowest BCUT2D eigenvalue weighted by molar-refractivity contribution is -0.159. The van der Waals surface area contributed by atoms with Crippen LogP contribution in [0.4, 0.5) is 13.2 Å². The number of rotatable bonds is 5. The summed E-state index contributed by atoms with van der Waals surface area (Å²) < 4.78 is 38.0. The molecule has 106 valence electrons. The van der Waals surface area contributed by atoms with E-state index in [4.69, 9.17) is 22.7 Å². The molecule has 0 saturated heterocycles. The Hall–Kier alpha value is -1.27. The zero-order chi connectivity index (χ0) is 14.6. The Kier molecular flexibility index (Phi) is 5.20. The van der Waals surface area contributed by atoms with E-state index in [0.29, 0.717) is 11.6 Å². The molecule has 19 heavy (non-hydrogen) atoms. The third-order valence-corrected chi connectivity index (χ3v) is 2.84. The quantitative estimate of drug-likeness (QED) is 0.648. The minimum atomic E-state index is -4.51. The maximum absolute atomic E-state index is 12.7. The summed E-state index contributed by atoms with van der Waals surface area (Å²) in [6.07, 6.45) is -4.51.